The lowest BCUT2D eigenvalue weighted by atomic mass is 10.0. The predicted molar refractivity (Wildman–Crippen MR) is 99.8 cm³/mol. The van der Waals surface area contributed by atoms with E-state index in [0.29, 0.717) is 31.1 Å². The van der Waals surface area contributed by atoms with E-state index in [1.54, 1.807) is 23.7 Å². The molecule has 2 atom stereocenters. The zero-order chi connectivity index (χ0) is 19.5. The summed E-state index contributed by atoms with van der Waals surface area (Å²) < 4.78 is 11.4. The van der Waals surface area contributed by atoms with Crippen molar-refractivity contribution < 1.29 is 24.3 Å². The molecule has 2 heterocycles. The molecule has 0 radical (unpaired) electrons. The van der Waals surface area contributed by atoms with Crippen LogP contribution in [0, 0.1) is 5.92 Å². The van der Waals surface area contributed by atoms with Crippen LogP contribution in [-0.4, -0.2) is 41.7 Å². The molecule has 0 spiro atoms. The first kappa shape index (κ1) is 18.5. The van der Waals surface area contributed by atoms with E-state index in [0.717, 1.165) is 17.5 Å². The minimum atomic E-state index is -0.605. The zero-order valence-electron chi connectivity index (χ0n) is 15.3. The van der Waals surface area contributed by atoms with Gasteiger partial charge >= 0.3 is 0 Å². The van der Waals surface area contributed by atoms with Crippen molar-refractivity contribution in [1.29, 1.82) is 0 Å². The Morgan fingerprint density at radius 1 is 1.11 bits per heavy atom. The minimum Gasteiger partial charge on any atom is -0.491 e. The average molecular weight is 382 g/mol. The van der Waals surface area contributed by atoms with Gasteiger partial charge in [-0.2, -0.15) is 0 Å². The Labute approximate surface area is 162 Å². The van der Waals surface area contributed by atoms with Gasteiger partial charge in [0.05, 0.1) is 25.1 Å². The summed E-state index contributed by atoms with van der Waals surface area (Å²) in [5, 5.41) is 8.87. The van der Waals surface area contributed by atoms with Gasteiger partial charge in [0.25, 0.3) is 5.91 Å². The molecule has 2 aromatic rings. The number of nitrogens with one attached hydrogen (secondary N) is 1. The van der Waals surface area contributed by atoms with E-state index in [2.05, 4.69) is 0 Å². The molecule has 0 saturated carbocycles. The third-order valence-electron chi connectivity index (χ3n) is 5.29. The number of amides is 2. The normalized spacial score (nSPS) is 21.4. The highest BCUT2D eigenvalue weighted by Gasteiger charge is 2.35. The highest BCUT2D eigenvalue weighted by atomic mass is 16.5. The number of hydroxylamine groups is 1. The highest BCUT2D eigenvalue weighted by Crippen LogP contribution is 2.34. The maximum atomic E-state index is 13.3. The lowest BCUT2D eigenvalue weighted by Crippen LogP contribution is -2.40. The Morgan fingerprint density at radius 2 is 1.93 bits per heavy atom. The zero-order valence-corrected chi connectivity index (χ0v) is 15.3. The van der Waals surface area contributed by atoms with Crippen molar-refractivity contribution >= 4 is 11.8 Å². The van der Waals surface area contributed by atoms with Crippen LogP contribution < -0.4 is 10.2 Å². The van der Waals surface area contributed by atoms with Crippen LogP contribution in [0.1, 0.15) is 33.9 Å². The van der Waals surface area contributed by atoms with Crippen LogP contribution in [0.5, 0.6) is 5.75 Å². The fraction of sp³-hybridized carbons (Fsp3) is 0.333. The monoisotopic (exact) mass is 382 g/mol. The molecule has 0 bridgehead atoms. The summed E-state index contributed by atoms with van der Waals surface area (Å²) in [5.74, 6) is -0.154. The predicted octanol–water partition coefficient (Wildman–Crippen LogP) is 2.30. The summed E-state index contributed by atoms with van der Waals surface area (Å²) in [6.07, 6.45) is 0.722. The summed E-state index contributed by atoms with van der Waals surface area (Å²) in [4.78, 5) is 26.8. The smallest absolute Gasteiger partial charge is 0.274 e. The van der Waals surface area contributed by atoms with Crippen molar-refractivity contribution in [3.63, 3.8) is 0 Å². The molecule has 1 saturated heterocycles. The van der Waals surface area contributed by atoms with Gasteiger partial charge in [0.15, 0.2) is 0 Å². The quantitative estimate of drug-likeness (QED) is 0.628. The molecule has 28 heavy (non-hydrogen) atoms. The molecule has 2 N–H and O–H groups in total. The van der Waals surface area contributed by atoms with Crippen molar-refractivity contribution in [3.05, 3.63) is 65.2 Å². The molecule has 0 aromatic heterocycles. The molecule has 2 amide bonds. The first-order chi connectivity index (χ1) is 13.7. The number of fused-ring (bicyclic) bond motifs is 1. The van der Waals surface area contributed by atoms with Gasteiger partial charge in [0.1, 0.15) is 12.4 Å². The van der Waals surface area contributed by atoms with Crippen LogP contribution in [0.4, 0.5) is 0 Å². The fourth-order valence-electron chi connectivity index (χ4n) is 3.72. The number of carbonyl (C=O) groups excluding carboxylic acids is 2. The number of ether oxygens (including phenoxy) is 2. The van der Waals surface area contributed by atoms with Crippen LogP contribution in [0.25, 0.3) is 0 Å². The number of hydrogen-bond donors (Lipinski definition) is 2. The summed E-state index contributed by atoms with van der Waals surface area (Å²) >= 11 is 0. The summed E-state index contributed by atoms with van der Waals surface area (Å²) in [6, 6.07) is 14.5. The van der Waals surface area contributed by atoms with Crippen molar-refractivity contribution in [2.24, 2.45) is 5.92 Å². The first-order valence-electron chi connectivity index (χ1n) is 9.30. The second kappa shape index (κ2) is 8.00. The molecule has 7 heteroatoms. The maximum Gasteiger partial charge on any atom is 0.274 e. The molecule has 1 fully saturated rings. The average Bonchev–Trinajstić information content (AvgIpc) is 3.21. The van der Waals surface area contributed by atoms with Crippen molar-refractivity contribution in [2.45, 2.75) is 19.0 Å². The second-order valence-corrected chi connectivity index (χ2v) is 7.03. The van der Waals surface area contributed by atoms with E-state index >= 15 is 0 Å². The molecular formula is C21H22N2O5. The first-order valence-corrected chi connectivity index (χ1v) is 9.30. The van der Waals surface area contributed by atoms with Crippen LogP contribution in [0.3, 0.4) is 0 Å². The summed E-state index contributed by atoms with van der Waals surface area (Å²) in [6.45, 7) is 1.71. The number of rotatable bonds is 3. The van der Waals surface area contributed by atoms with Gasteiger partial charge in [-0.25, -0.2) is 5.48 Å². The molecule has 7 nitrogen and oxygen atoms in total. The van der Waals surface area contributed by atoms with Crippen LogP contribution in [0.15, 0.2) is 48.5 Å². The van der Waals surface area contributed by atoms with E-state index in [9.17, 15) is 9.59 Å². The van der Waals surface area contributed by atoms with Gasteiger partial charge in [-0.3, -0.25) is 14.8 Å². The van der Waals surface area contributed by atoms with Crippen LogP contribution >= 0.6 is 0 Å². The lowest BCUT2D eigenvalue weighted by molar-refractivity contribution is -0.139. The third-order valence-corrected chi connectivity index (χ3v) is 5.29. The van der Waals surface area contributed by atoms with Crippen LogP contribution in [-0.2, 0) is 16.1 Å². The molecule has 4 rings (SSSR count). The van der Waals surface area contributed by atoms with Gasteiger partial charge in [-0.05, 0) is 24.1 Å². The Hall–Kier alpha value is -2.90. The standard InChI is InChI=1S/C21H22N2O5/c24-20(22-26)15-6-7-16-11-23(21(25)17-8-9-27-12-17)18(13-28-19(16)10-15)14-4-2-1-3-5-14/h1-7,10,17-18,26H,8-9,11-13H2,(H,22,24)/t17-,18?/m1/s1. The molecule has 2 aromatic carbocycles. The molecule has 2 aliphatic rings. The molecule has 146 valence electrons. The summed E-state index contributed by atoms with van der Waals surface area (Å²) in [5.41, 5.74) is 3.74. The third kappa shape index (κ3) is 3.58. The molecular weight excluding hydrogens is 360 g/mol. The number of benzene rings is 2. The molecule has 0 aliphatic carbocycles. The van der Waals surface area contributed by atoms with E-state index in [1.807, 2.05) is 35.2 Å². The Kier molecular flexibility index (Phi) is 5.27. The van der Waals surface area contributed by atoms with Gasteiger partial charge in [-0.15, -0.1) is 0 Å². The SMILES string of the molecule is O=C(NO)c1ccc2c(c1)OCC(c1ccccc1)N(C(=O)[C@@H]1CCOC1)C2. The topological polar surface area (TPSA) is 88.1 Å². The van der Waals surface area contributed by atoms with Gasteiger partial charge in [0, 0.05) is 17.7 Å². The van der Waals surface area contributed by atoms with Crippen molar-refractivity contribution in [3.8, 4) is 5.75 Å². The van der Waals surface area contributed by atoms with E-state index in [-0.39, 0.29) is 24.5 Å². The number of carbonyl (C=O) groups is 2. The van der Waals surface area contributed by atoms with Gasteiger partial charge in [-0.1, -0.05) is 36.4 Å². The Bertz CT molecular complexity index is 864. The van der Waals surface area contributed by atoms with Crippen LogP contribution in [0.2, 0.25) is 0 Å². The number of hydrogen-bond acceptors (Lipinski definition) is 5. The second-order valence-electron chi connectivity index (χ2n) is 7.03. The van der Waals surface area contributed by atoms with E-state index < -0.39 is 5.91 Å². The Morgan fingerprint density at radius 3 is 2.64 bits per heavy atom. The maximum absolute atomic E-state index is 13.3. The number of nitrogens with zero attached hydrogens (tertiary/aromatic N) is 1. The lowest BCUT2D eigenvalue weighted by Gasteiger charge is -2.31. The van der Waals surface area contributed by atoms with Gasteiger partial charge in [0.2, 0.25) is 5.91 Å². The summed E-state index contributed by atoms with van der Waals surface area (Å²) in [7, 11) is 0. The van der Waals surface area contributed by atoms with Gasteiger partial charge < -0.3 is 14.4 Å². The minimum absolute atomic E-state index is 0.0555. The van der Waals surface area contributed by atoms with Crippen molar-refractivity contribution in [2.75, 3.05) is 19.8 Å². The Balaban J connectivity index is 1.69. The molecule has 1 unspecified atom stereocenters. The van der Waals surface area contributed by atoms with E-state index in [1.165, 1.54) is 0 Å². The molecule has 2 aliphatic heterocycles. The van der Waals surface area contributed by atoms with E-state index in [4.69, 9.17) is 14.7 Å². The largest absolute Gasteiger partial charge is 0.491 e. The highest BCUT2D eigenvalue weighted by molar-refractivity contribution is 5.93. The fourth-order valence-corrected chi connectivity index (χ4v) is 3.72. The van der Waals surface area contributed by atoms with Crippen molar-refractivity contribution in [1.82, 2.24) is 10.4 Å².